The maximum Gasteiger partial charge on any atom is 0.416 e. The van der Waals surface area contributed by atoms with Crippen molar-refractivity contribution in [2.45, 2.75) is 31.6 Å². The van der Waals surface area contributed by atoms with Crippen molar-refractivity contribution in [2.24, 2.45) is 0 Å². The van der Waals surface area contributed by atoms with E-state index in [9.17, 15) is 41.1 Å². The van der Waals surface area contributed by atoms with Crippen LogP contribution in [0.1, 0.15) is 62.2 Å². The molecule has 2 atom stereocenters. The molecule has 2 aromatic carbocycles. The summed E-state index contributed by atoms with van der Waals surface area (Å²) >= 11 is 6.33. The number of alkyl halides is 3. The van der Waals surface area contributed by atoms with E-state index in [0.29, 0.717) is 17.8 Å². The summed E-state index contributed by atoms with van der Waals surface area (Å²) in [6, 6.07) is 9.77. The van der Waals surface area contributed by atoms with Gasteiger partial charge in [-0.25, -0.2) is 8.78 Å². The number of pyridine rings is 1. The maximum absolute atomic E-state index is 14.4. The lowest BCUT2D eigenvalue weighted by molar-refractivity contribution is -0.138. The van der Waals surface area contributed by atoms with Crippen LogP contribution in [0.15, 0.2) is 66.9 Å². The van der Waals surface area contributed by atoms with Gasteiger partial charge in [-0.1, -0.05) is 17.7 Å². The van der Waals surface area contributed by atoms with Gasteiger partial charge in [-0.2, -0.15) is 13.2 Å². The summed E-state index contributed by atoms with van der Waals surface area (Å²) in [4.78, 5) is 57.2. The topological polar surface area (TPSA) is 122 Å². The average molecular weight is 646 g/mol. The van der Waals surface area contributed by atoms with E-state index in [2.05, 4.69) is 20.9 Å². The van der Waals surface area contributed by atoms with Crippen LogP contribution in [-0.4, -0.2) is 33.2 Å². The fraction of sp³-hybridized carbons (Fsp3) is 0.167. The van der Waals surface area contributed by atoms with Crippen molar-refractivity contribution >= 4 is 40.9 Å². The number of amides is 4. The molecule has 4 amide bonds. The van der Waals surface area contributed by atoms with Crippen molar-refractivity contribution in [2.75, 3.05) is 5.32 Å². The minimum atomic E-state index is -4.97. The Kier molecular flexibility index (Phi) is 8.43. The first kappa shape index (κ1) is 31.3. The van der Waals surface area contributed by atoms with Crippen molar-refractivity contribution in [1.29, 1.82) is 0 Å². The second-order valence-electron chi connectivity index (χ2n) is 10.1. The molecule has 0 saturated heterocycles. The van der Waals surface area contributed by atoms with Gasteiger partial charge in [-0.3, -0.25) is 29.5 Å². The molecular formula is C30H21ClF5N5O4. The summed E-state index contributed by atoms with van der Waals surface area (Å²) in [5.41, 5.74) is -2.58. The van der Waals surface area contributed by atoms with Crippen molar-refractivity contribution in [1.82, 2.24) is 20.2 Å². The van der Waals surface area contributed by atoms with Crippen molar-refractivity contribution in [3.8, 4) is 0 Å². The molecule has 4 aromatic rings. The molecule has 3 N–H and O–H groups in total. The van der Waals surface area contributed by atoms with E-state index < -0.39 is 71.1 Å². The molecule has 232 valence electrons. The van der Waals surface area contributed by atoms with Crippen LogP contribution in [0.4, 0.5) is 27.6 Å². The lowest BCUT2D eigenvalue weighted by Gasteiger charge is -2.20. The molecule has 5 rings (SSSR count). The SMILES string of the molecule is C[C@H](NC(=O)c1cc(NC(=O)c2cc(F)cc(C(F)(F)F)c2)c2n1CC(=O)NC(=O)[C@H]2c1cc(F)ccc1Cl)c1ccccn1. The smallest absolute Gasteiger partial charge is 0.343 e. The first-order valence-electron chi connectivity index (χ1n) is 13.2. The molecule has 1 aliphatic heterocycles. The van der Waals surface area contributed by atoms with Gasteiger partial charge in [0.1, 0.15) is 29.8 Å². The zero-order valence-corrected chi connectivity index (χ0v) is 23.8. The van der Waals surface area contributed by atoms with Crippen LogP contribution in [0.5, 0.6) is 0 Å². The minimum Gasteiger partial charge on any atom is -0.343 e. The van der Waals surface area contributed by atoms with E-state index in [1.54, 1.807) is 25.1 Å². The number of hydrogen-bond donors (Lipinski definition) is 3. The van der Waals surface area contributed by atoms with Gasteiger partial charge in [0.15, 0.2) is 0 Å². The maximum atomic E-state index is 14.4. The molecular weight excluding hydrogens is 625 g/mol. The number of carbonyl (C=O) groups is 4. The Morgan fingerprint density at radius 1 is 1.02 bits per heavy atom. The quantitative estimate of drug-likeness (QED) is 0.192. The van der Waals surface area contributed by atoms with E-state index in [1.807, 2.05) is 0 Å². The minimum absolute atomic E-state index is 0.106. The lowest BCUT2D eigenvalue weighted by atomic mass is 9.93. The standard InChI is InChI=1S/C30H21ClF5N5O4/c1-14(21-4-2-3-7-37-21)38-28(44)23-12-22(39-27(43)15-8-16(30(34,35)36)10-18(33)9-15)26-25(19-11-17(32)5-6-20(19)31)29(45)40-24(42)13-41(23)26/h2-12,14,25H,13H2,1H3,(H,38,44)(H,39,43)(H,40,42,45)/t14-,25-/m0/s1. The molecule has 0 unspecified atom stereocenters. The Hall–Kier alpha value is -5.11. The fourth-order valence-corrected chi connectivity index (χ4v) is 5.16. The van der Waals surface area contributed by atoms with Gasteiger partial charge in [-0.15, -0.1) is 0 Å². The van der Waals surface area contributed by atoms with Gasteiger partial charge in [-0.05, 0) is 67.1 Å². The third-order valence-electron chi connectivity index (χ3n) is 6.95. The Morgan fingerprint density at radius 2 is 1.78 bits per heavy atom. The van der Waals surface area contributed by atoms with Gasteiger partial charge in [0.2, 0.25) is 11.8 Å². The highest BCUT2D eigenvalue weighted by Crippen LogP contribution is 2.39. The summed E-state index contributed by atoms with van der Waals surface area (Å²) < 4.78 is 69.7. The Morgan fingerprint density at radius 3 is 2.47 bits per heavy atom. The Bertz CT molecular complexity index is 1840. The number of imide groups is 1. The molecule has 9 nitrogen and oxygen atoms in total. The van der Waals surface area contributed by atoms with Gasteiger partial charge in [0.25, 0.3) is 11.8 Å². The van der Waals surface area contributed by atoms with E-state index in [0.717, 1.165) is 28.8 Å². The number of aromatic nitrogens is 2. The number of carbonyl (C=O) groups excluding carboxylic acids is 4. The van der Waals surface area contributed by atoms with Crippen LogP contribution < -0.4 is 16.0 Å². The summed E-state index contributed by atoms with van der Waals surface area (Å²) in [7, 11) is 0. The largest absolute Gasteiger partial charge is 0.416 e. The predicted molar refractivity (Wildman–Crippen MR) is 150 cm³/mol. The molecule has 45 heavy (non-hydrogen) atoms. The van der Waals surface area contributed by atoms with Crippen LogP contribution in [0.3, 0.4) is 0 Å². The van der Waals surface area contributed by atoms with Gasteiger partial charge in [0, 0.05) is 16.8 Å². The lowest BCUT2D eigenvalue weighted by Crippen LogP contribution is -2.34. The molecule has 0 radical (unpaired) electrons. The number of benzene rings is 2. The summed E-state index contributed by atoms with van der Waals surface area (Å²) in [5, 5.41) is 7.07. The van der Waals surface area contributed by atoms with Crippen LogP contribution in [0, 0.1) is 11.6 Å². The third-order valence-corrected chi connectivity index (χ3v) is 7.30. The van der Waals surface area contributed by atoms with Crippen LogP contribution in [0.25, 0.3) is 0 Å². The number of rotatable bonds is 6. The van der Waals surface area contributed by atoms with Gasteiger partial charge >= 0.3 is 6.18 Å². The summed E-state index contributed by atoms with van der Waals surface area (Å²) in [6.45, 7) is 1.00. The highest BCUT2D eigenvalue weighted by atomic mass is 35.5. The van der Waals surface area contributed by atoms with Gasteiger partial charge < -0.3 is 15.2 Å². The van der Waals surface area contributed by atoms with Crippen LogP contribution in [0.2, 0.25) is 5.02 Å². The van der Waals surface area contributed by atoms with Crippen LogP contribution in [-0.2, 0) is 22.3 Å². The number of nitrogens with zero attached hydrogens (tertiary/aromatic N) is 2. The second-order valence-corrected chi connectivity index (χ2v) is 10.5. The predicted octanol–water partition coefficient (Wildman–Crippen LogP) is 5.37. The molecule has 0 spiro atoms. The van der Waals surface area contributed by atoms with Crippen molar-refractivity contribution < 1.29 is 41.1 Å². The first-order chi connectivity index (χ1) is 21.2. The third kappa shape index (κ3) is 6.55. The average Bonchev–Trinajstić information content (AvgIpc) is 3.24. The monoisotopic (exact) mass is 645 g/mol. The molecule has 2 aromatic heterocycles. The normalized spacial score (nSPS) is 15.5. The molecule has 15 heteroatoms. The van der Waals surface area contributed by atoms with E-state index in [1.165, 1.54) is 6.20 Å². The highest BCUT2D eigenvalue weighted by molar-refractivity contribution is 6.31. The summed E-state index contributed by atoms with van der Waals surface area (Å²) in [5.74, 6) is -7.61. The zero-order chi connectivity index (χ0) is 32.6. The number of halogens is 6. The van der Waals surface area contributed by atoms with E-state index in [4.69, 9.17) is 11.6 Å². The molecule has 3 heterocycles. The number of fused-ring (bicyclic) bond motifs is 1. The molecule has 0 fully saturated rings. The summed E-state index contributed by atoms with van der Waals surface area (Å²) in [6.07, 6.45) is -3.47. The van der Waals surface area contributed by atoms with Crippen molar-refractivity contribution in [3.05, 3.63) is 117 Å². The molecule has 0 bridgehead atoms. The van der Waals surface area contributed by atoms with Crippen molar-refractivity contribution in [3.63, 3.8) is 0 Å². The van der Waals surface area contributed by atoms with Gasteiger partial charge in [0.05, 0.1) is 28.7 Å². The first-order valence-corrected chi connectivity index (χ1v) is 13.5. The zero-order valence-electron chi connectivity index (χ0n) is 23.0. The molecule has 0 saturated carbocycles. The van der Waals surface area contributed by atoms with Crippen LogP contribution >= 0.6 is 11.6 Å². The second kappa shape index (κ2) is 12.1. The van der Waals surface area contributed by atoms with E-state index in [-0.39, 0.29) is 33.7 Å². The highest BCUT2D eigenvalue weighted by Gasteiger charge is 2.38. The molecule has 0 aliphatic carbocycles. The number of anilines is 1. The fourth-order valence-electron chi connectivity index (χ4n) is 4.93. The van der Waals surface area contributed by atoms with E-state index >= 15 is 0 Å². The Labute approximate surface area is 256 Å². The molecule has 1 aliphatic rings. The Balaban J connectivity index is 1.66. The number of nitrogens with one attached hydrogen (secondary N) is 3. The number of hydrogen-bond acceptors (Lipinski definition) is 5.